The van der Waals surface area contributed by atoms with Gasteiger partial charge in [0.25, 0.3) is 5.22 Å². The van der Waals surface area contributed by atoms with Crippen LogP contribution in [-0.4, -0.2) is 32.9 Å². The standard InChI is InChI=1S/C17H15N5O3S/c1-11-5-7-12(8-6-11)15-21-22-17(25-15)26-10-14(23)20-16(24)19-13-4-2-3-9-18-13/h2-9H,10H2,1H3,(H2,18,19,20,23,24). The summed E-state index contributed by atoms with van der Waals surface area (Å²) in [6.45, 7) is 1.99. The average Bonchev–Trinajstić information content (AvgIpc) is 3.10. The molecule has 0 bridgehead atoms. The van der Waals surface area contributed by atoms with Gasteiger partial charge in [0.15, 0.2) is 0 Å². The highest BCUT2D eigenvalue weighted by atomic mass is 32.2. The number of carbonyl (C=O) groups excluding carboxylic acids is 2. The van der Waals surface area contributed by atoms with Gasteiger partial charge in [-0.3, -0.25) is 15.4 Å². The average molecular weight is 369 g/mol. The number of nitrogens with one attached hydrogen (secondary N) is 2. The van der Waals surface area contributed by atoms with E-state index in [1.165, 1.54) is 6.20 Å². The normalized spacial score (nSPS) is 10.3. The number of thioether (sulfide) groups is 1. The van der Waals surface area contributed by atoms with Gasteiger partial charge in [-0.2, -0.15) is 0 Å². The lowest BCUT2D eigenvalue weighted by atomic mass is 10.1. The molecule has 8 nitrogen and oxygen atoms in total. The van der Waals surface area contributed by atoms with Crippen LogP contribution in [0, 0.1) is 6.92 Å². The molecule has 3 aromatic rings. The quantitative estimate of drug-likeness (QED) is 0.665. The lowest BCUT2D eigenvalue weighted by molar-refractivity contribution is -0.117. The number of amides is 3. The predicted octanol–water partition coefficient (Wildman–Crippen LogP) is 2.88. The van der Waals surface area contributed by atoms with Gasteiger partial charge in [0.1, 0.15) is 5.82 Å². The first-order valence-corrected chi connectivity index (χ1v) is 8.64. The number of benzene rings is 1. The number of carbonyl (C=O) groups is 2. The van der Waals surface area contributed by atoms with Crippen molar-refractivity contribution in [2.45, 2.75) is 12.1 Å². The predicted molar refractivity (Wildman–Crippen MR) is 96.6 cm³/mol. The number of pyridine rings is 1. The number of hydrogen-bond donors (Lipinski definition) is 2. The fourth-order valence-electron chi connectivity index (χ4n) is 1.96. The van der Waals surface area contributed by atoms with E-state index in [9.17, 15) is 9.59 Å². The van der Waals surface area contributed by atoms with Crippen LogP contribution in [0.4, 0.5) is 10.6 Å². The van der Waals surface area contributed by atoms with E-state index in [1.54, 1.807) is 18.2 Å². The lowest BCUT2D eigenvalue weighted by Gasteiger charge is -2.04. The fraction of sp³-hybridized carbons (Fsp3) is 0.118. The number of imide groups is 1. The molecule has 2 heterocycles. The summed E-state index contributed by atoms with van der Waals surface area (Å²) in [7, 11) is 0. The van der Waals surface area contributed by atoms with Crippen molar-refractivity contribution in [3.05, 3.63) is 54.2 Å². The Morgan fingerprint density at radius 1 is 1.12 bits per heavy atom. The zero-order valence-corrected chi connectivity index (χ0v) is 14.6. The summed E-state index contributed by atoms with van der Waals surface area (Å²) in [6, 6.07) is 12.1. The SMILES string of the molecule is Cc1ccc(-c2nnc(SCC(=O)NC(=O)Nc3ccccn3)o2)cc1. The topological polar surface area (TPSA) is 110 Å². The molecule has 26 heavy (non-hydrogen) atoms. The Kier molecular flexibility index (Phi) is 5.59. The van der Waals surface area contributed by atoms with E-state index in [1.807, 2.05) is 31.2 Å². The molecule has 3 rings (SSSR count). The Bertz CT molecular complexity index is 896. The van der Waals surface area contributed by atoms with Gasteiger partial charge >= 0.3 is 6.03 Å². The number of urea groups is 1. The summed E-state index contributed by atoms with van der Waals surface area (Å²) in [4.78, 5) is 27.5. The minimum atomic E-state index is -0.653. The zero-order valence-electron chi connectivity index (χ0n) is 13.8. The second kappa shape index (κ2) is 8.26. The molecule has 2 N–H and O–H groups in total. The Morgan fingerprint density at radius 2 is 1.92 bits per heavy atom. The molecule has 0 saturated heterocycles. The van der Waals surface area contributed by atoms with Crippen molar-refractivity contribution in [3.8, 4) is 11.5 Å². The van der Waals surface area contributed by atoms with Crippen molar-refractivity contribution in [2.24, 2.45) is 0 Å². The molecule has 0 aliphatic carbocycles. The number of hydrogen-bond acceptors (Lipinski definition) is 7. The largest absolute Gasteiger partial charge is 0.411 e. The van der Waals surface area contributed by atoms with Crippen LogP contribution in [0.25, 0.3) is 11.5 Å². The molecule has 2 aromatic heterocycles. The van der Waals surface area contributed by atoms with Crippen LogP contribution in [-0.2, 0) is 4.79 Å². The van der Waals surface area contributed by atoms with Crippen LogP contribution >= 0.6 is 11.8 Å². The molecule has 3 amide bonds. The molecule has 0 unspecified atom stereocenters. The van der Waals surface area contributed by atoms with E-state index in [0.29, 0.717) is 11.7 Å². The second-order valence-corrected chi connectivity index (χ2v) is 6.17. The van der Waals surface area contributed by atoms with E-state index < -0.39 is 11.9 Å². The highest BCUT2D eigenvalue weighted by Gasteiger charge is 2.13. The molecule has 0 aliphatic heterocycles. The van der Waals surface area contributed by atoms with Crippen molar-refractivity contribution in [1.82, 2.24) is 20.5 Å². The Balaban J connectivity index is 1.49. The van der Waals surface area contributed by atoms with Crippen molar-refractivity contribution in [1.29, 1.82) is 0 Å². The highest BCUT2D eigenvalue weighted by Crippen LogP contribution is 2.23. The van der Waals surface area contributed by atoms with Gasteiger partial charge in [0.2, 0.25) is 11.8 Å². The molecule has 9 heteroatoms. The molecule has 0 saturated carbocycles. The molecule has 0 spiro atoms. The molecule has 0 radical (unpaired) electrons. The molecule has 0 fully saturated rings. The molecule has 132 valence electrons. The summed E-state index contributed by atoms with van der Waals surface area (Å²) in [5.74, 6) is 0.204. The summed E-state index contributed by atoms with van der Waals surface area (Å²) in [5, 5.41) is 12.8. The van der Waals surface area contributed by atoms with E-state index in [-0.39, 0.29) is 11.0 Å². The third-order valence-corrected chi connectivity index (χ3v) is 4.01. The highest BCUT2D eigenvalue weighted by molar-refractivity contribution is 7.99. The smallest absolute Gasteiger partial charge is 0.327 e. The molecule has 0 atom stereocenters. The first-order valence-electron chi connectivity index (χ1n) is 7.65. The van der Waals surface area contributed by atoms with Crippen molar-refractivity contribution >= 4 is 29.5 Å². The second-order valence-electron chi connectivity index (χ2n) is 5.25. The van der Waals surface area contributed by atoms with Crippen molar-refractivity contribution < 1.29 is 14.0 Å². The number of aryl methyl sites for hydroxylation is 1. The molecule has 1 aromatic carbocycles. The minimum Gasteiger partial charge on any atom is -0.411 e. The van der Waals surface area contributed by atoms with Crippen LogP contribution in [0.15, 0.2) is 58.3 Å². The third kappa shape index (κ3) is 4.90. The van der Waals surface area contributed by atoms with Gasteiger partial charge in [-0.25, -0.2) is 9.78 Å². The summed E-state index contributed by atoms with van der Waals surface area (Å²) in [5.41, 5.74) is 1.93. The van der Waals surface area contributed by atoms with Gasteiger partial charge in [-0.1, -0.05) is 35.5 Å². The van der Waals surface area contributed by atoms with Gasteiger partial charge in [0, 0.05) is 11.8 Å². The fourth-order valence-corrected chi connectivity index (χ4v) is 2.52. The van der Waals surface area contributed by atoms with E-state index in [4.69, 9.17) is 4.42 Å². The monoisotopic (exact) mass is 369 g/mol. The van der Waals surface area contributed by atoms with Crippen molar-refractivity contribution in [2.75, 3.05) is 11.1 Å². The Morgan fingerprint density at radius 3 is 2.65 bits per heavy atom. The summed E-state index contributed by atoms with van der Waals surface area (Å²) in [6.07, 6.45) is 1.54. The molecular weight excluding hydrogens is 354 g/mol. The van der Waals surface area contributed by atoms with Gasteiger partial charge in [-0.15, -0.1) is 10.2 Å². The maximum Gasteiger partial charge on any atom is 0.327 e. The van der Waals surface area contributed by atoms with Crippen LogP contribution in [0.2, 0.25) is 0 Å². The summed E-state index contributed by atoms with van der Waals surface area (Å²) >= 11 is 1.05. The van der Waals surface area contributed by atoms with Crippen LogP contribution in [0.3, 0.4) is 0 Å². The van der Waals surface area contributed by atoms with Crippen molar-refractivity contribution in [3.63, 3.8) is 0 Å². The molecule has 0 aliphatic rings. The van der Waals surface area contributed by atoms with Gasteiger partial charge in [0.05, 0.1) is 5.75 Å². The van der Waals surface area contributed by atoms with E-state index >= 15 is 0 Å². The first kappa shape index (κ1) is 17.6. The number of rotatable bonds is 5. The van der Waals surface area contributed by atoms with E-state index in [0.717, 1.165) is 22.9 Å². The van der Waals surface area contributed by atoms with Crippen LogP contribution < -0.4 is 10.6 Å². The zero-order chi connectivity index (χ0) is 18.4. The third-order valence-electron chi connectivity index (χ3n) is 3.19. The molecular formula is C17H15N5O3S. The number of aromatic nitrogens is 3. The summed E-state index contributed by atoms with van der Waals surface area (Å²) < 4.78 is 5.51. The minimum absolute atomic E-state index is 0.0365. The van der Waals surface area contributed by atoms with Crippen LogP contribution in [0.1, 0.15) is 5.56 Å². The van der Waals surface area contributed by atoms with Gasteiger partial charge < -0.3 is 4.42 Å². The lowest BCUT2D eigenvalue weighted by Crippen LogP contribution is -2.35. The maximum atomic E-state index is 11.8. The first-order chi connectivity index (χ1) is 12.6. The van der Waals surface area contributed by atoms with Gasteiger partial charge in [-0.05, 0) is 31.2 Å². The van der Waals surface area contributed by atoms with Crippen LogP contribution in [0.5, 0.6) is 0 Å². The Labute approximate surface area is 153 Å². The maximum absolute atomic E-state index is 11.8. The van der Waals surface area contributed by atoms with E-state index in [2.05, 4.69) is 25.8 Å². The Hall–Kier alpha value is -3.20. The number of anilines is 1. The number of nitrogens with zero attached hydrogens (tertiary/aromatic N) is 3.